The molecular weight excluding hydrogens is 522 g/mol. The molecule has 0 aromatic heterocycles. The quantitative estimate of drug-likeness (QED) is 0.282. The molecule has 1 atom stereocenters. The molecule has 0 saturated heterocycles. The summed E-state index contributed by atoms with van der Waals surface area (Å²) in [6.45, 7) is 0.390. The van der Waals surface area contributed by atoms with Gasteiger partial charge < -0.3 is 19.5 Å². The first-order chi connectivity index (χ1) is 19.4. The van der Waals surface area contributed by atoms with Crippen molar-refractivity contribution in [3.05, 3.63) is 118 Å². The number of esters is 1. The predicted octanol–water partition coefficient (Wildman–Crippen LogP) is 7.16. The van der Waals surface area contributed by atoms with Gasteiger partial charge in [-0.1, -0.05) is 91.0 Å². The molecule has 40 heavy (non-hydrogen) atoms. The zero-order chi connectivity index (χ0) is 28.0. The van der Waals surface area contributed by atoms with Crippen molar-refractivity contribution in [1.29, 1.82) is 0 Å². The summed E-state index contributed by atoms with van der Waals surface area (Å²) in [6, 6.07) is 29.2. The molecule has 208 valence electrons. The predicted molar refractivity (Wildman–Crippen MR) is 157 cm³/mol. The second-order valence-corrected chi connectivity index (χ2v) is 11.6. The number of ether oxygens (including phenoxy) is 2. The van der Waals surface area contributed by atoms with Gasteiger partial charge in [0.15, 0.2) is 11.2 Å². The van der Waals surface area contributed by atoms with Crippen molar-refractivity contribution in [3.63, 3.8) is 0 Å². The van der Waals surface area contributed by atoms with E-state index >= 15 is 0 Å². The summed E-state index contributed by atoms with van der Waals surface area (Å²) in [7, 11) is 1.71. The maximum Gasteiger partial charge on any atom is 0.410 e. The number of aryl methyl sites for hydroxylation is 1. The van der Waals surface area contributed by atoms with Crippen LogP contribution in [0.15, 0.2) is 102 Å². The number of amides is 1. The third kappa shape index (κ3) is 5.75. The zero-order valence-electron chi connectivity index (χ0n) is 22.8. The Morgan fingerprint density at radius 2 is 1.50 bits per heavy atom. The Labute approximate surface area is 240 Å². The highest BCUT2D eigenvalue weighted by atomic mass is 32.2. The van der Waals surface area contributed by atoms with Gasteiger partial charge in [-0.05, 0) is 43.2 Å². The highest BCUT2D eigenvalue weighted by Crippen LogP contribution is 2.55. The Morgan fingerprint density at radius 3 is 2.10 bits per heavy atom. The highest BCUT2D eigenvalue weighted by Gasteiger charge is 2.62. The van der Waals surface area contributed by atoms with Crippen LogP contribution in [-0.2, 0) is 32.8 Å². The fourth-order valence-electron chi connectivity index (χ4n) is 5.82. The molecule has 0 radical (unpaired) electrons. The van der Waals surface area contributed by atoms with E-state index in [4.69, 9.17) is 9.47 Å². The van der Waals surface area contributed by atoms with Crippen molar-refractivity contribution in [2.24, 2.45) is 0 Å². The first kappa shape index (κ1) is 27.8. The van der Waals surface area contributed by atoms with Gasteiger partial charge in [-0.3, -0.25) is 0 Å². The summed E-state index contributed by atoms with van der Waals surface area (Å²) in [5.41, 5.74) is 0.416. The third-order valence-electron chi connectivity index (χ3n) is 7.86. The minimum Gasteiger partial charge on any atom is -0.511 e. The lowest BCUT2D eigenvalue weighted by Crippen LogP contribution is -2.58. The van der Waals surface area contributed by atoms with Crippen LogP contribution in [0.3, 0.4) is 0 Å². The summed E-state index contributed by atoms with van der Waals surface area (Å²) >= 11 is 1.30. The Hall–Kier alpha value is -3.71. The molecule has 6 nitrogen and oxygen atoms in total. The molecule has 2 aliphatic rings. The number of cyclic esters (lactones) is 1. The van der Waals surface area contributed by atoms with Crippen LogP contribution in [0.4, 0.5) is 4.79 Å². The van der Waals surface area contributed by atoms with Gasteiger partial charge in [-0.15, -0.1) is 11.8 Å². The number of thioether (sulfide) groups is 1. The fourth-order valence-corrected chi connectivity index (χ4v) is 6.76. The molecule has 1 amide bonds. The average molecular weight is 558 g/mol. The summed E-state index contributed by atoms with van der Waals surface area (Å²) in [6.07, 6.45) is 3.04. The van der Waals surface area contributed by atoms with Gasteiger partial charge in [0.25, 0.3) is 0 Å². The molecule has 1 aliphatic carbocycles. The van der Waals surface area contributed by atoms with E-state index in [1.54, 1.807) is 11.9 Å². The molecule has 3 aromatic carbocycles. The van der Waals surface area contributed by atoms with E-state index in [2.05, 4.69) is 0 Å². The number of hydrogen-bond acceptors (Lipinski definition) is 6. The lowest BCUT2D eigenvalue weighted by molar-refractivity contribution is -0.204. The van der Waals surface area contributed by atoms with Crippen molar-refractivity contribution in [2.75, 3.05) is 12.8 Å². The Balaban J connectivity index is 1.43. The van der Waals surface area contributed by atoms with E-state index in [1.165, 1.54) is 11.8 Å². The van der Waals surface area contributed by atoms with Crippen LogP contribution in [0, 0.1) is 0 Å². The minimum atomic E-state index is -1.33. The maximum atomic E-state index is 13.6. The lowest BCUT2D eigenvalue weighted by Gasteiger charge is -2.49. The van der Waals surface area contributed by atoms with Gasteiger partial charge in [0.2, 0.25) is 0 Å². The van der Waals surface area contributed by atoms with E-state index in [-0.39, 0.29) is 17.1 Å². The zero-order valence-corrected chi connectivity index (χ0v) is 23.6. The summed E-state index contributed by atoms with van der Waals surface area (Å²) in [4.78, 5) is 28.9. The molecule has 5 rings (SSSR count). The Kier molecular flexibility index (Phi) is 8.50. The van der Waals surface area contributed by atoms with Crippen LogP contribution in [0.2, 0.25) is 0 Å². The number of carbonyl (C=O) groups excluding carboxylic acids is 2. The SMILES string of the molecule is CN(Cc1ccccc1)C(=O)OC1(C2(c3ccccc3)CC(O)=C(SCCc3ccccc3)C(=O)O2)CCCC1. The van der Waals surface area contributed by atoms with Crippen molar-refractivity contribution in [3.8, 4) is 0 Å². The van der Waals surface area contributed by atoms with Crippen molar-refractivity contribution in [1.82, 2.24) is 4.90 Å². The van der Waals surface area contributed by atoms with Crippen LogP contribution in [0.1, 0.15) is 48.8 Å². The van der Waals surface area contributed by atoms with E-state index in [9.17, 15) is 14.7 Å². The Bertz CT molecular complexity index is 1340. The number of carbonyl (C=O) groups is 2. The van der Waals surface area contributed by atoms with Crippen molar-refractivity contribution in [2.45, 2.75) is 56.3 Å². The number of benzene rings is 3. The number of aliphatic hydroxyl groups is 1. The third-order valence-corrected chi connectivity index (χ3v) is 8.95. The standard InChI is InChI=1S/C33H35NO5S/c1-34(24-26-15-7-3-8-16-26)31(37)39-32(20-11-12-21-32)33(27-17-9-4-10-18-27)23-28(35)29(30(36)38-33)40-22-19-25-13-5-2-6-14-25/h2-10,13-18,35H,11-12,19-24H2,1H3. The van der Waals surface area contributed by atoms with Crippen LogP contribution in [-0.4, -0.2) is 40.5 Å². The summed E-state index contributed by atoms with van der Waals surface area (Å²) in [5.74, 6) is 0.0325. The number of rotatable bonds is 9. The summed E-state index contributed by atoms with van der Waals surface area (Å²) in [5, 5.41) is 11.4. The molecular formula is C33H35NO5S. The Morgan fingerprint density at radius 1 is 0.925 bits per heavy atom. The van der Waals surface area contributed by atoms with E-state index in [0.29, 0.717) is 30.7 Å². The van der Waals surface area contributed by atoms with Crippen molar-refractivity contribution >= 4 is 23.8 Å². The topological polar surface area (TPSA) is 76.1 Å². The average Bonchev–Trinajstić information content (AvgIpc) is 3.46. The number of nitrogens with zero attached hydrogens (tertiary/aromatic N) is 1. The van der Waals surface area contributed by atoms with Crippen LogP contribution < -0.4 is 0 Å². The monoisotopic (exact) mass is 557 g/mol. The smallest absolute Gasteiger partial charge is 0.410 e. The lowest BCUT2D eigenvalue weighted by atomic mass is 9.72. The molecule has 1 heterocycles. The fraction of sp³-hybridized carbons (Fsp3) is 0.333. The molecule has 0 bridgehead atoms. The molecule has 7 heteroatoms. The summed E-state index contributed by atoms with van der Waals surface area (Å²) < 4.78 is 12.7. The highest BCUT2D eigenvalue weighted by molar-refractivity contribution is 8.04. The van der Waals surface area contributed by atoms with Gasteiger partial charge in [0.05, 0.1) is 6.42 Å². The van der Waals surface area contributed by atoms with Crippen molar-refractivity contribution < 1.29 is 24.2 Å². The molecule has 1 aliphatic heterocycles. The van der Waals surface area contributed by atoms with E-state index in [0.717, 1.165) is 30.4 Å². The van der Waals surface area contributed by atoms with Crippen LogP contribution in [0.25, 0.3) is 0 Å². The second kappa shape index (κ2) is 12.2. The molecule has 1 fully saturated rings. The molecule has 1 saturated carbocycles. The second-order valence-electron chi connectivity index (χ2n) is 10.5. The number of aliphatic hydroxyl groups excluding tert-OH is 1. The minimum absolute atomic E-state index is 0.0156. The van der Waals surface area contributed by atoms with Crippen LogP contribution >= 0.6 is 11.8 Å². The molecule has 1 unspecified atom stereocenters. The van der Waals surface area contributed by atoms with Gasteiger partial charge in [-0.25, -0.2) is 9.59 Å². The first-order valence-electron chi connectivity index (χ1n) is 13.8. The molecule has 3 aromatic rings. The van der Waals surface area contributed by atoms with Gasteiger partial charge in [0.1, 0.15) is 10.7 Å². The van der Waals surface area contributed by atoms with E-state index < -0.39 is 23.3 Å². The molecule has 0 spiro atoms. The first-order valence-corrected chi connectivity index (χ1v) is 14.8. The van der Waals surface area contributed by atoms with Gasteiger partial charge in [-0.2, -0.15) is 0 Å². The largest absolute Gasteiger partial charge is 0.511 e. The van der Waals surface area contributed by atoms with Gasteiger partial charge >= 0.3 is 12.1 Å². The van der Waals surface area contributed by atoms with Gasteiger partial charge in [0, 0.05) is 24.9 Å². The van der Waals surface area contributed by atoms with E-state index in [1.807, 2.05) is 91.0 Å². The maximum absolute atomic E-state index is 13.6. The molecule has 1 N–H and O–H groups in total. The normalized spacial score (nSPS) is 20.2. The van der Waals surface area contributed by atoms with Crippen LogP contribution in [0.5, 0.6) is 0 Å². The number of hydrogen-bond donors (Lipinski definition) is 1.